The van der Waals surface area contributed by atoms with Crippen LogP contribution in [0.4, 0.5) is 0 Å². The molecule has 0 aromatic heterocycles. The molecule has 1 aliphatic rings. The van der Waals surface area contributed by atoms with E-state index in [-0.39, 0.29) is 0 Å². The fourth-order valence-corrected chi connectivity index (χ4v) is 2.72. The average Bonchev–Trinajstić information content (AvgIpc) is 2.40. The molecule has 1 aromatic rings. The van der Waals surface area contributed by atoms with Crippen molar-refractivity contribution in [3.8, 4) is 5.75 Å². The molecular formula is C14H21NO2. The molecule has 2 N–H and O–H groups in total. The standard InChI is InChI=1S/C14H21NO2/c1-17-14-8-7-11(10-15-16)9-13(14)12-5-3-2-4-6-12/h7-9,12,15-16H,2-6,10H2,1H3. The highest BCUT2D eigenvalue weighted by atomic mass is 16.5. The van der Waals surface area contributed by atoms with Crippen LogP contribution in [0.1, 0.15) is 49.1 Å². The maximum Gasteiger partial charge on any atom is 0.122 e. The number of hydrogen-bond donors (Lipinski definition) is 2. The van der Waals surface area contributed by atoms with Crippen LogP contribution in [0, 0.1) is 0 Å². The quantitative estimate of drug-likeness (QED) is 0.787. The molecule has 94 valence electrons. The molecule has 1 fully saturated rings. The van der Waals surface area contributed by atoms with E-state index in [2.05, 4.69) is 11.5 Å². The van der Waals surface area contributed by atoms with E-state index in [0.29, 0.717) is 12.5 Å². The Labute approximate surface area is 103 Å². The SMILES string of the molecule is COc1ccc(CNO)cc1C1CCCCC1. The smallest absolute Gasteiger partial charge is 0.122 e. The summed E-state index contributed by atoms with van der Waals surface area (Å²) in [7, 11) is 1.73. The van der Waals surface area contributed by atoms with Crippen LogP contribution in [0.15, 0.2) is 18.2 Å². The zero-order valence-electron chi connectivity index (χ0n) is 10.4. The van der Waals surface area contributed by atoms with Crippen molar-refractivity contribution >= 4 is 0 Å². The molecule has 0 atom stereocenters. The Morgan fingerprint density at radius 3 is 2.71 bits per heavy atom. The number of methoxy groups -OCH3 is 1. The maximum atomic E-state index is 8.77. The van der Waals surface area contributed by atoms with E-state index in [4.69, 9.17) is 9.94 Å². The van der Waals surface area contributed by atoms with Crippen molar-refractivity contribution in [2.24, 2.45) is 0 Å². The second kappa shape index (κ2) is 6.03. The van der Waals surface area contributed by atoms with Gasteiger partial charge in [-0.15, -0.1) is 0 Å². The van der Waals surface area contributed by atoms with E-state index in [0.717, 1.165) is 11.3 Å². The number of nitrogens with one attached hydrogen (secondary N) is 1. The second-order valence-electron chi connectivity index (χ2n) is 4.75. The van der Waals surface area contributed by atoms with Gasteiger partial charge in [0.15, 0.2) is 0 Å². The van der Waals surface area contributed by atoms with E-state index in [1.54, 1.807) is 7.11 Å². The lowest BCUT2D eigenvalue weighted by atomic mass is 9.83. The summed E-state index contributed by atoms with van der Waals surface area (Å²) in [6.07, 6.45) is 6.50. The molecule has 1 aromatic carbocycles. The molecule has 0 radical (unpaired) electrons. The summed E-state index contributed by atoms with van der Waals surface area (Å²) in [5, 5.41) is 8.77. The van der Waals surface area contributed by atoms with E-state index < -0.39 is 0 Å². The molecule has 0 heterocycles. The van der Waals surface area contributed by atoms with Gasteiger partial charge >= 0.3 is 0 Å². The predicted octanol–water partition coefficient (Wildman–Crippen LogP) is 3.22. The largest absolute Gasteiger partial charge is 0.496 e. The summed E-state index contributed by atoms with van der Waals surface area (Å²) < 4.78 is 5.45. The molecule has 17 heavy (non-hydrogen) atoms. The van der Waals surface area contributed by atoms with Crippen LogP contribution in [0.2, 0.25) is 0 Å². The number of hydroxylamine groups is 1. The van der Waals surface area contributed by atoms with Crippen molar-refractivity contribution in [3.63, 3.8) is 0 Å². The van der Waals surface area contributed by atoms with Crippen LogP contribution >= 0.6 is 0 Å². The van der Waals surface area contributed by atoms with Crippen molar-refractivity contribution in [1.82, 2.24) is 5.48 Å². The van der Waals surface area contributed by atoms with Crippen molar-refractivity contribution in [3.05, 3.63) is 29.3 Å². The highest BCUT2D eigenvalue weighted by Gasteiger charge is 2.19. The van der Waals surface area contributed by atoms with Gasteiger partial charge in [-0.3, -0.25) is 0 Å². The van der Waals surface area contributed by atoms with Gasteiger partial charge in [0.2, 0.25) is 0 Å². The Morgan fingerprint density at radius 2 is 2.06 bits per heavy atom. The van der Waals surface area contributed by atoms with Crippen molar-refractivity contribution in [2.45, 2.75) is 44.6 Å². The summed E-state index contributed by atoms with van der Waals surface area (Å²) in [6.45, 7) is 0.490. The van der Waals surface area contributed by atoms with Gasteiger partial charge in [-0.25, -0.2) is 5.48 Å². The molecule has 0 unspecified atom stereocenters. The summed E-state index contributed by atoms with van der Waals surface area (Å²) in [5.41, 5.74) is 4.62. The molecule has 0 aliphatic heterocycles. The van der Waals surface area contributed by atoms with Crippen LogP contribution in [0.25, 0.3) is 0 Å². The Kier molecular flexibility index (Phi) is 4.40. The van der Waals surface area contributed by atoms with Crippen LogP contribution in [-0.4, -0.2) is 12.3 Å². The molecule has 0 saturated heterocycles. The van der Waals surface area contributed by atoms with Gasteiger partial charge in [0.1, 0.15) is 5.75 Å². The van der Waals surface area contributed by atoms with E-state index >= 15 is 0 Å². The highest BCUT2D eigenvalue weighted by Crippen LogP contribution is 2.37. The van der Waals surface area contributed by atoms with Gasteiger partial charge in [0, 0.05) is 6.54 Å². The predicted molar refractivity (Wildman–Crippen MR) is 67.4 cm³/mol. The third-order valence-electron chi connectivity index (χ3n) is 3.62. The van der Waals surface area contributed by atoms with Gasteiger partial charge in [-0.05, 0) is 36.0 Å². The highest BCUT2D eigenvalue weighted by molar-refractivity contribution is 5.40. The number of rotatable bonds is 4. The zero-order valence-corrected chi connectivity index (χ0v) is 10.4. The molecule has 2 rings (SSSR count). The first-order valence-electron chi connectivity index (χ1n) is 6.39. The van der Waals surface area contributed by atoms with Gasteiger partial charge in [0.05, 0.1) is 7.11 Å². The van der Waals surface area contributed by atoms with Crippen molar-refractivity contribution in [2.75, 3.05) is 7.11 Å². The summed E-state index contributed by atoms with van der Waals surface area (Å²) in [6, 6.07) is 6.17. The lowest BCUT2D eigenvalue weighted by molar-refractivity contribution is 0.161. The first-order chi connectivity index (χ1) is 8.35. The average molecular weight is 235 g/mol. The van der Waals surface area contributed by atoms with Gasteiger partial charge in [0.25, 0.3) is 0 Å². The van der Waals surface area contributed by atoms with Crippen LogP contribution in [0.3, 0.4) is 0 Å². The maximum absolute atomic E-state index is 8.77. The van der Waals surface area contributed by atoms with Crippen molar-refractivity contribution < 1.29 is 9.94 Å². The third kappa shape index (κ3) is 2.99. The Morgan fingerprint density at radius 1 is 1.29 bits per heavy atom. The lowest BCUT2D eigenvalue weighted by Crippen LogP contribution is -2.10. The first-order valence-corrected chi connectivity index (χ1v) is 6.39. The topological polar surface area (TPSA) is 41.5 Å². The summed E-state index contributed by atoms with van der Waals surface area (Å²) in [5.74, 6) is 1.61. The third-order valence-corrected chi connectivity index (χ3v) is 3.62. The van der Waals surface area contributed by atoms with Crippen molar-refractivity contribution in [1.29, 1.82) is 0 Å². The van der Waals surface area contributed by atoms with Crippen LogP contribution in [-0.2, 0) is 6.54 Å². The number of benzene rings is 1. The fraction of sp³-hybridized carbons (Fsp3) is 0.571. The molecule has 1 saturated carbocycles. The monoisotopic (exact) mass is 235 g/mol. The molecule has 3 nitrogen and oxygen atoms in total. The summed E-state index contributed by atoms with van der Waals surface area (Å²) in [4.78, 5) is 0. The molecular weight excluding hydrogens is 214 g/mol. The Hall–Kier alpha value is -1.06. The molecule has 3 heteroatoms. The second-order valence-corrected chi connectivity index (χ2v) is 4.75. The lowest BCUT2D eigenvalue weighted by Gasteiger charge is -2.24. The Bertz CT molecular complexity index is 359. The normalized spacial score (nSPS) is 17.1. The van der Waals surface area contributed by atoms with Gasteiger partial charge in [-0.2, -0.15) is 0 Å². The molecule has 0 bridgehead atoms. The van der Waals surface area contributed by atoms with Crippen LogP contribution in [0.5, 0.6) is 5.75 Å². The fourth-order valence-electron chi connectivity index (χ4n) is 2.72. The number of hydrogen-bond acceptors (Lipinski definition) is 3. The van der Waals surface area contributed by atoms with Crippen LogP contribution < -0.4 is 10.2 Å². The van der Waals surface area contributed by atoms with Gasteiger partial charge in [-0.1, -0.05) is 31.4 Å². The van der Waals surface area contributed by atoms with E-state index in [1.807, 2.05) is 12.1 Å². The van der Waals surface area contributed by atoms with Gasteiger partial charge < -0.3 is 9.94 Å². The Balaban J connectivity index is 2.24. The summed E-state index contributed by atoms with van der Waals surface area (Å²) >= 11 is 0. The first kappa shape index (κ1) is 12.4. The number of ether oxygens (including phenoxy) is 1. The minimum Gasteiger partial charge on any atom is -0.496 e. The van der Waals surface area contributed by atoms with E-state index in [1.165, 1.54) is 37.7 Å². The zero-order chi connectivity index (χ0) is 12.1. The molecule has 0 spiro atoms. The molecule has 1 aliphatic carbocycles. The minimum absolute atomic E-state index is 0.490. The minimum atomic E-state index is 0.490. The molecule has 0 amide bonds. The van der Waals surface area contributed by atoms with E-state index in [9.17, 15) is 0 Å².